The second-order valence-electron chi connectivity index (χ2n) is 8.77. The van der Waals surface area contributed by atoms with Gasteiger partial charge in [-0.05, 0) is 31.0 Å². The molecule has 1 heterocycles. The molecule has 1 aliphatic heterocycles. The Morgan fingerprint density at radius 3 is 2.53 bits per heavy atom. The lowest BCUT2D eigenvalue weighted by molar-refractivity contribution is -0.121. The number of hydrogen-bond acceptors (Lipinski definition) is 6. The fourth-order valence-corrected chi connectivity index (χ4v) is 5.77. The minimum absolute atomic E-state index is 0.00423. The topological polar surface area (TPSA) is 103 Å². The summed E-state index contributed by atoms with van der Waals surface area (Å²) in [7, 11) is -2.12. The summed E-state index contributed by atoms with van der Waals surface area (Å²) in [6.07, 6.45) is 4.94. The van der Waals surface area contributed by atoms with Crippen molar-refractivity contribution in [3.05, 3.63) is 48.0 Å². The molecule has 1 saturated carbocycles. The largest absolute Gasteiger partial charge is 0.496 e. The Morgan fingerprint density at radius 1 is 1.03 bits per heavy atom. The van der Waals surface area contributed by atoms with Crippen LogP contribution in [-0.2, 0) is 20.2 Å². The molecule has 184 valence electrons. The lowest BCUT2D eigenvalue weighted by Gasteiger charge is -2.31. The molecular weight excluding hydrogens is 456 g/mol. The van der Waals surface area contributed by atoms with Crippen molar-refractivity contribution >= 4 is 15.9 Å². The Balaban J connectivity index is 1.33. The number of fused-ring (bicyclic) bond motifs is 1. The van der Waals surface area contributed by atoms with E-state index in [9.17, 15) is 13.2 Å². The van der Waals surface area contributed by atoms with E-state index in [2.05, 4.69) is 16.1 Å². The van der Waals surface area contributed by atoms with E-state index in [-0.39, 0.29) is 29.2 Å². The molecule has 34 heavy (non-hydrogen) atoms. The smallest absolute Gasteiger partial charge is 0.240 e. The van der Waals surface area contributed by atoms with E-state index in [0.29, 0.717) is 31.3 Å². The third kappa shape index (κ3) is 5.47. The normalized spacial score (nSPS) is 17.1. The number of hydrogen-bond donors (Lipinski definition) is 2. The Labute approximate surface area is 201 Å². The van der Waals surface area contributed by atoms with Gasteiger partial charge in [0.05, 0.1) is 25.2 Å². The Bertz CT molecular complexity index is 1110. The molecule has 0 unspecified atom stereocenters. The maximum absolute atomic E-state index is 12.7. The maximum Gasteiger partial charge on any atom is 0.240 e. The van der Waals surface area contributed by atoms with Crippen LogP contribution in [0.25, 0.3) is 0 Å². The highest BCUT2D eigenvalue weighted by atomic mass is 32.2. The summed E-state index contributed by atoms with van der Waals surface area (Å²) in [6.45, 7) is 1.51. The van der Waals surface area contributed by atoms with Gasteiger partial charge in [0, 0.05) is 43.0 Å². The number of benzene rings is 2. The molecule has 0 bridgehead atoms. The average molecular weight is 489 g/mol. The average Bonchev–Trinajstić information content (AvgIpc) is 3.20. The van der Waals surface area contributed by atoms with E-state index in [0.717, 1.165) is 43.4 Å². The van der Waals surface area contributed by atoms with Gasteiger partial charge >= 0.3 is 0 Å². The zero-order valence-electron chi connectivity index (χ0n) is 19.5. The highest BCUT2D eigenvalue weighted by Crippen LogP contribution is 2.44. The molecule has 2 aromatic rings. The summed E-state index contributed by atoms with van der Waals surface area (Å²) >= 11 is 0. The van der Waals surface area contributed by atoms with Gasteiger partial charge in [0.2, 0.25) is 15.9 Å². The highest BCUT2D eigenvalue weighted by Gasteiger charge is 2.38. The quantitative estimate of drug-likeness (QED) is 0.562. The van der Waals surface area contributed by atoms with Crippen LogP contribution in [0.5, 0.6) is 17.2 Å². The lowest BCUT2D eigenvalue weighted by Crippen LogP contribution is -2.40. The van der Waals surface area contributed by atoms with Gasteiger partial charge in [0.15, 0.2) is 11.5 Å². The molecule has 1 aliphatic carbocycles. The Morgan fingerprint density at radius 2 is 1.76 bits per heavy atom. The van der Waals surface area contributed by atoms with E-state index >= 15 is 0 Å². The van der Waals surface area contributed by atoms with Gasteiger partial charge < -0.3 is 19.5 Å². The van der Waals surface area contributed by atoms with Crippen LogP contribution in [0, 0.1) is 0 Å². The third-order valence-electron chi connectivity index (χ3n) is 6.54. The van der Waals surface area contributed by atoms with Gasteiger partial charge in [-0.2, -0.15) is 0 Å². The van der Waals surface area contributed by atoms with Crippen molar-refractivity contribution in [3.8, 4) is 17.2 Å². The molecule has 1 amide bonds. The zero-order chi connectivity index (χ0) is 24.0. The minimum atomic E-state index is -3.78. The van der Waals surface area contributed by atoms with Crippen LogP contribution in [0.3, 0.4) is 0 Å². The molecule has 1 fully saturated rings. The first-order valence-electron chi connectivity index (χ1n) is 11.7. The number of methoxy groups -OCH3 is 1. The standard InChI is InChI=1S/C25H32N2O6S/c1-31-21-8-3-2-7-20(21)25(12-4-5-13-25)18-26-24(28)11-14-27-34(29,30)19-9-10-22-23(17-19)33-16-6-15-32-22/h2-3,7-10,17,27H,4-6,11-16,18H2,1H3,(H,26,28). The molecule has 2 aliphatic rings. The number of carbonyl (C=O) groups is 1. The van der Waals surface area contributed by atoms with Crippen molar-refractivity contribution in [3.63, 3.8) is 0 Å². The molecule has 0 radical (unpaired) electrons. The van der Waals surface area contributed by atoms with Crippen LogP contribution in [0.4, 0.5) is 0 Å². The van der Waals surface area contributed by atoms with Gasteiger partial charge in [0.1, 0.15) is 5.75 Å². The van der Waals surface area contributed by atoms with Gasteiger partial charge in [0.25, 0.3) is 0 Å². The summed E-state index contributed by atoms with van der Waals surface area (Å²) in [4.78, 5) is 12.6. The Kier molecular flexibility index (Phi) is 7.63. The van der Waals surface area contributed by atoms with Gasteiger partial charge in [-0.25, -0.2) is 13.1 Å². The first-order chi connectivity index (χ1) is 16.4. The number of amides is 1. The monoisotopic (exact) mass is 488 g/mol. The number of nitrogens with one attached hydrogen (secondary N) is 2. The van der Waals surface area contributed by atoms with Crippen molar-refractivity contribution in [1.82, 2.24) is 10.0 Å². The van der Waals surface area contributed by atoms with Gasteiger partial charge in [-0.15, -0.1) is 0 Å². The van der Waals surface area contributed by atoms with Crippen LogP contribution < -0.4 is 24.2 Å². The van der Waals surface area contributed by atoms with Crippen LogP contribution >= 0.6 is 0 Å². The maximum atomic E-state index is 12.7. The van der Waals surface area contributed by atoms with E-state index in [1.807, 2.05) is 18.2 Å². The number of rotatable bonds is 9. The fourth-order valence-electron chi connectivity index (χ4n) is 4.73. The number of carbonyl (C=O) groups excluding carboxylic acids is 1. The van der Waals surface area contributed by atoms with E-state index in [1.165, 1.54) is 12.1 Å². The van der Waals surface area contributed by atoms with E-state index in [1.54, 1.807) is 13.2 Å². The van der Waals surface area contributed by atoms with Crippen LogP contribution in [0.15, 0.2) is 47.4 Å². The summed E-state index contributed by atoms with van der Waals surface area (Å²) < 4.78 is 44.6. The molecule has 0 spiro atoms. The van der Waals surface area contributed by atoms with E-state index in [4.69, 9.17) is 14.2 Å². The van der Waals surface area contributed by atoms with Crippen LogP contribution in [0.1, 0.15) is 44.1 Å². The molecule has 2 N–H and O–H groups in total. The summed E-state index contributed by atoms with van der Waals surface area (Å²) in [5.74, 6) is 1.59. The first kappa shape index (κ1) is 24.3. The minimum Gasteiger partial charge on any atom is -0.496 e. The fraction of sp³-hybridized carbons (Fsp3) is 0.480. The van der Waals surface area contributed by atoms with Crippen molar-refractivity contribution in [1.29, 1.82) is 0 Å². The molecule has 9 heteroatoms. The van der Waals surface area contributed by atoms with E-state index < -0.39 is 10.0 Å². The highest BCUT2D eigenvalue weighted by molar-refractivity contribution is 7.89. The van der Waals surface area contributed by atoms with Crippen LogP contribution in [-0.4, -0.2) is 47.7 Å². The summed E-state index contributed by atoms with van der Waals surface area (Å²) in [5, 5.41) is 3.02. The summed E-state index contributed by atoms with van der Waals surface area (Å²) in [5.41, 5.74) is 0.955. The summed E-state index contributed by atoms with van der Waals surface area (Å²) in [6, 6.07) is 12.5. The van der Waals surface area contributed by atoms with Crippen molar-refractivity contribution in [2.45, 2.75) is 48.8 Å². The van der Waals surface area contributed by atoms with Crippen molar-refractivity contribution in [2.75, 3.05) is 33.4 Å². The predicted octanol–water partition coefficient (Wildman–Crippen LogP) is 3.15. The third-order valence-corrected chi connectivity index (χ3v) is 8.00. The predicted molar refractivity (Wildman–Crippen MR) is 128 cm³/mol. The second kappa shape index (κ2) is 10.7. The molecule has 4 rings (SSSR count). The molecule has 0 aromatic heterocycles. The zero-order valence-corrected chi connectivity index (χ0v) is 20.3. The molecule has 0 saturated heterocycles. The molecular formula is C25H32N2O6S. The molecule has 2 aromatic carbocycles. The second-order valence-corrected chi connectivity index (χ2v) is 10.5. The van der Waals surface area contributed by atoms with Gasteiger partial charge in [-0.1, -0.05) is 31.0 Å². The lowest BCUT2D eigenvalue weighted by atomic mass is 9.78. The molecule has 8 nitrogen and oxygen atoms in total. The number of sulfonamides is 1. The number of para-hydroxylation sites is 1. The van der Waals surface area contributed by atoms with Crippen LogP contribution in [0.2, 0.25) is 0 Å². The van der Waals surface area contributed by atoms with Crippen molar-refractivity contribution in [2.24, 2.45) is 0 Å². The van der Waals surface area contributed by atoms with Gasteiger partial charge in [-0.3, -0.25) is 4.79 Å². The Hall–Kier alpha value is -2.78. The SMILES string of the molecule is COc1ccccc1C1(CNC(=O)CCNS(=O)(=O)c2ccc3c(c2)OCCCO3)CCCC1. The molecule has 0 atom stereocenters. The first-order valence-corrected chi connectivity index (χ1v) is 13.2. The van der Waals surface area contributed by atoms with Crippen molar-refractivity contribution < 1.29 is 27.4 Å². The number of ether oxygens (including phenoxy) is 3.